The molecule has 3 N–H and O–H groups in total. The van der Waals surface area contributed by atoms with E-state index in [2.05, 4.69) is 15.6 Å². The monoisotopic (exact) mass is 503 g/mol. The average Bonchev–Trinajstić information content (AvgIpc) is 3.11. The Kier molecular flexibility index (Phi) is 7.87. The fourth-order valence-electron chi connectivity index (χ4n) is 4.47. The van der Waals surface area contributed by atoms with Gasteiger partial charge in [0.25, 0.3) is 0 Å². The Morgan fingerprint density at radius 1 is 1.19 bits per heavy atom. The third kappa shape index (κ3) is 6.06. The molecule has 0 bridgehead atoms. The molecule has 31 heavy (non-hydrogen) atoms. The SMILES string of the molecule is CCS(=O)(=O)N1CC(CS(=O)(=O)NNC(=O)C2CC(C3CN(C)CN3)CC(Cl)C2F)C1. The first kappa shape index (κ1) is 25.1. The van der Waals surface area contributed by atoms with Gasteiger partial charge in [0.2, 0.25) is 26.0 Å². The number of rotatable bonds is 8. The number of carbonyl (C=O) groups is 1. The predicted molar refractivity (Wildman–Crippen MR) is 115 cm³/mol. The molecule has 3 rings (SSSR count). The van der Waals surface area contributed by atoms with E-state index in [0.717, 1.165) is 6.54 Å². The summed E-state index contributed by atoms with van der Waals surface area (Å²) in [5.41, 5.74) is 2.13. The van der Waals surface area contributed by atoms with Gasteiger partial charge in [0.15, 0.2) is 0 Å². The van der Waals surface area contributed by atoms with E-state index < -0.39 is 43.4 Å². The molecule has 0 aromatic rings. The lowest BCUT2D eigenvalue weighted by molar-refractivity contribution is -0.129. The number of likely N-dealkylation sites (N-methyl/N-ethyl adjacent to an activating group) is 1. The molecule has 5 unspecified atom stereocenters. The van der Waals surface area contributed by atoms with Gasteiger partial charge in [0.1, 0.15) is 6.17 Å². The molecule has 3 aliphatic rings. The lowest BCUT2D eigenvalue weighted by Crippen LogP contribution is -2.56. The first-order chi connectivity index (χ1) is 14.4. The van der Waals surface area contributed by atoms with E-state index in [-0.39, 0.29) is 48.9 Å². The van der Waals surface area contributed by atoms with Gasteiger partial charge in [0, 0.05) is 38.3 Å². The van der Waals surface area contributed by atoms with Gasteiger partial charge in [-0.1, -0.05) is 0 Å². The van der Waals surface area contributed by atoms with Crippen molar-refractivity contribution in [3.8, 4) is 0 Å². The van der Waals surface area contributed by atoms with Crippen molar-refractivity contribution in [3.63, 3.8) is 0 Å². The topological polar surface area (TPSA) is 128 Å². The zero-order valence-electron chi connectivity index (χ0n) is 17.6. The molecule has 0 aromatic carbocycles. The summed E-state index contributed by atoms with van der Waals surface area (Å²) >= 11 is 6.17. The van der Waals surface area contributed by atoms with Crippen LogP contribution in [-0.4, -0.2) is 94.4 Å². The first-order valence-electron chi connectivity index (χ1n) is 10.4. The molecule has 1 aliphatic carbocycles. The molecule has 2 saturated heterocycles. The van der Waals surface area contributed by atoms with Gasteiger partial charge in [-0.25, -0.2) is 25.5 Å². The van der Waals surface area contributed by atoms with Crippen molar-refractivity contribution < 1.29 is 26.0 Å². The van der Waals surface area contributed by atoms with Crippen LogP contribution in [0.4, 0.5) is 4.39 Å². The molecule has 0 aromatic heterocycles. The molecular weight excluding hydrogens is 473 g/mol. The highest BCUT2D eigenvalue weighted by molar-refractivity contribution is 7.89. The summed E-state index contributed by atoms with van der Waals surface area (Å²) in [6.07, 6.45) is -0.848. The van der Waals surface area contributed by atoms with Crippen molar-refractivity contribution in [3.05, 3.63) is 0 Å². The Balaban J connectivity index is 1.50. The molecule has 10 nitrogen and oxygen atoms in total. The van der Waals surface area contributed by atoms with Gasteiger partial charge in [-0.3, -0.25) is 20.4 Å². The Morgan fingerprint density at radius 3 is 2.45 bits per heavy atom. The lowest BCUT2D eigenvalue weighted by Gasteiger charge is -2.38. The van der Waals surface area contributed by atoms with Gasteiger partial charge in [-0.15, -0.1) is 16.4 Å². The highest BCUT2D eigenvalue weighted by Gasteiger charge is 2.44. The van der Waals surface area contributed by atoms with Crippen LogP contribution < -0.4 is 15.6 Å². The van der Waals surface area contributed by atoms with Crippen LogP contribution in [0.3, 0.4) is 0 Å². The van der Waals surface area contributed by atoms with Gasteiger partial charge in [0.05, 0.1) is 22.8 Å². The quantitative estimate of drug-likeness (QED) is 0.288. The number of nitrogens with one attached hydrogen (secondary N) is 3. The van der Waals surface area contributed by atoms with Crippen molar-refractivity contribution >= 4 is 37.6 Å². The van der Waals surface area contributed by atoms with Crippen molar-refractivity contribution in [2.24, 2.45) is 17.8 Å². The Hall–Kier alpha value is -0.570. The van der Waals surface area contributed by atoms with E-state index in [0.29, 0.717) is 13.1 Å². The molecule has 3 fully saturated rings. The van der Waals surface area contributed by atoms with Crippen LogP contribution in [0.1, 0.15) is 19.8 Å². The van der Waals surface area contributed by atoms with E-state index in [9.17, 15) is 26.0 Å². The van der Waals surface area contributed by atoms with Crippen molar-refractivity contribution in [1.82, 2.24) is 24.8 Å². The van der Waals surface area contributed by atoms with Gasteiger partial charge >= 0.3 is 0 Å². The van der Waals surface area contributed by atoms with E-state index in [1.54, 1.807) is 0 Å². The number of hydrogen-bond acceptors (Lipinski definition) is 7. The van der Waals surface area contributed by atoms with Crippen LogP contribution in [0, 0.1) is 17.8 Å². The standard InChI is InChI=1S/C17H31ClFN5O5S2/c1-3-31(28,29)24-6-11(7-24)9-30(26,27)22-21-17(25)13-4-12(5-14(18)16(13)19)15-8-23(2)10-20-15/h11-16,20,22H,3-10H2,1-2H3,(H,21,25). The Bertz CT molecular complexity index is 870. The minimum absolute atomic E-state index is 0.00767. The second kappa shape index (κ2) is 9.74. The van der Waals surface area contributed by atoms with Crippen molar-refractivity contribution in [2.45, 2.75) is 37.4 Å². The average molecular weight is 504 g/mol. The number of hydrazine groups is 1. The first-order valence-corrected chi connectivity index (χ1v) is 14.1. The predicted octanol–water partition coefficient (Wildman–Crippen LogP) is -0.949. The highest BCUT2D eigenvalue weighted by Crippen LogP contribution is 2.37. The molecule has 180 valence electrons. The number of nitrogens with zero attached hydrogens (tertiary/aromatic N) is 2. The number of halogens is 2. The summed E-state index contributed by atoms with van der Waals surface area (Å²) < 4.78 is 63.9. The number of hydrogen-bond donors (Lipinski definition) is 3. The number of carbonyl (C=O) groups excluding carboxylic acids is 1. The molecule has 14 heteroatoms. The van der Waals surface area contributed by atoms with Gasteiger partial charge in [-0.2, -0.15) is 0 Å². The van der Waals surface area contributed by atoms with Crippen molar-refractivity contribution in [1.29, 1.82) is 0 Å². The van der Waals surface area contributed by atoms with Crippen LogP contribution in [0.25, 0.3) is 0 Å². The highest BCUT2D eigenvalue weighted by atomic mass is 35.5. The maximum Gasteiger partial charge on any atom is 0.241 e. The fourth-order valence-corrected chi connectivity index (χ4v) is 7.28. The zero-order chi connectivity index (χ0) is 23.0. The third-order valence-corrected chi connectivity index (χ3v) is 9.88. The molecule has 0 radical (unpaired) electrons. The van der Waals surface area contributed by atoms with Crippen LogP contribution >= 0.6 is 11.6 Å². The molecule has 1 amide bonds. The Morgan fingerprint density at radius 2 is 1.87 bits per heavy atom. The summed E-state index contributed by atoms with van der Waals surface area (Å²) in [4.78, 5) is 16.7. The minimum atomic E-state index is -3.90. The summed E-state index contributed by atoms with van der Waals surface area (Å²) in [5.74, 6) is -2.52. The largest absolute Gasteiger partial charge is 0.300 e. The van der Waals surface area contributed by atoms with Crippen LogP contribution in [0.5, 0.6) is 0 Å². The lowest BCUT2D eigenvalue weighted by atomic mass is 9.76. The summed E-state index contributed by atoms with van der Waals surface area (Å²) in [6, 6.07) is 0.103. The third-order valence-electron chi connectivity index (χ3n) is 6.32. The second-order valence-electron chi connectivity index (χ2n) is 8.76. The maximum absolute atomic E-state index is 14.6. The molecular formula is C17H31ClFN5O5S2. The molecule has 2 aliphatic heterocycles. The smallest absolute Gasteiger partial charge is 0.241 e. The second-order valence-corrected chi connectivity index (χ2v) is 13.3. The number of alkyl halides is 2. The van der Waals surface area contributed by atoms with E-state index in [4.69, 9.17) is 11.6 Å². The Labute approximate surface area is 188 Å². The van der Waals surface area contributed by atoms with Gasteiger partial charge in [-0.05, 0) is 32.7 Å². The maximum atomic E-state index is 14.6. The van der Waals surface area contributed by atoms with E-state index >= 15 is 0 Å². The molecule has 0 spiro atoms. The van der Waals surface area contributed by atoms with Crippen LogP contribution in [0.15, 0.2) is 0 Å². The number of amides is 1. The van der Waals surface area contributed by atoms with Crippen LogP contribution in [-0.2, 0) is 24.8 Å². The molecule has 2 heterocycles. The zero-order valence-corrected chi connectivity index (χ0v) is 20.0. The van der Waals surface area contributed by atoms with E-state index in [1.807, 2.05) is 11.9 Å². The summed E-state index contributed by atoms with van der Waals surface area (Å²) in [7, 11) is -5.27. The molecule has 5 atom stereocenters. The van der Waals surface area contributed by atoms with E-state index in [1.165, 1.54) is 11.2 Å². The summed E-state index contributed by atoms with van der Waals surface area (Å²) in [6.45, 7) is 3.26. The van der Waals surface area contributed by atoms with Crippen LogP contribution in [0.2, 0.25) is 0 Å². The van der Waals surface area contributed by atoms with Crippen molar-refractivity contribution in [2.75, 3.05) is 44.9 Å². The minimum Gasteiger partial charge on any atom is -0.300 e. The molecule has 1 saturated carbocycles. The fraction of sp³-hybridized carbons (Fsp3) is 0.941. The summed E-state index contributed by atoms with van der Waals surface area (Å²) in [5, 5.41) is 2.52. The van der Waals surface area contributed by atoms with Gasteiger partial charge < -0.3 is 0 Å². The normalized spacial score (nSPS) is 33.9. The number of sulfonamides is 2.